The monoisotopic (exact) mass is 395 g/mol. The number of anilines is 3. The molecule has 1 heterocycles. The summed E-state index contributed by atoms with van der Waals surface area (Å²) in [6.45, 7) is 1.81. The molecule has 0 radical (unpaired) electrons. The van der Waals surface area contributed by atoms with Crippen LogP contribution in [0.1, 0.15) is 26.3 Å². The van der Waals surface area contributed by atoms with Crippen LogP contribution in [0.4, 0.5) is 21.7 Å². The van der Waals surface area contributed by atoms with E-state index in [1.54, 1.807) is 12.1 Å². The van der Waals surface area contributed by atoms with Crippen LogP contribution in [0.25, 0.3) is 0 Å². The van der Waals surface area contributed by atoms with Crippen molar-refractivity contribution in [2.75, 3.05) is 16.6 Å². The summed E-state index contributed by atoms with van der Waals surface area (Å²) in [5, 5.41) is 0. The zero-order valence-electron chi connectivity index (χ0n) is 15.4. The molecule has 3 rings (SSSR count). The molecule has 0 aliphatic carbocycles. The largest absolute Gasteiger partial charge is 0.393 e. The van der Waals surface area contributed by atoms with E-state index in [1.165, 1.54) is 30.6 Å². The fourth-order valence-electron chi connectivity index (χ4n) is 2.43. The van der Waals surface area contributed by atoms with Gasteiger partial charge in [0.05, 0.1) is 5.56 Å². The van der Waals surface area contributed by atoms with E-state index in [2.05, 4.69) is 31.7 Å². The first-order valence-electron chi connectivity index (χ1n) is 8.50. The number of benzene rings is 2. The molecule has 3 aromatic rings. The second kappa shape index (κ2) is 8.65. The maximum Gasteiger partial charge on any atom is 0.272 e. The Bertz CT molecular complexity index is 978. The first-order chi connectivity index (χ1) is 14.0. The van der Waals surface area contributed by atoms with Crippen LogP contribution in [-0.2, 0) is 0 Å². The van der Waals surface area contributed by atoms with E-state index in [1.807, 2.05) is 19.1 Å². The fraction of sp³-hybridized carbons (Fsp3) is 0.0526. The lowest BCUT2D eigenvalue weighted by Crippen LogP contribution is -2.32. The summed E-state index contributed by atoms with van der Waals surface area (Å²) in [4.78, 5) is 32.2. The number of hydrogen-bond donors (Lipinski definition) is 5. The molecule has 0 atom stereocenters. The minimum atomic E-state index is -0.705. The molecule has 10 heteroatoms. The van der Waals surface area contributed by atoms with Crippen molar-refractivity contribution in [1.29, 1.82) is 0 Å². The van der Waals surface area contributed by atoms with Crippen molar-refractivity contribution in [2.45, 2.75) is 6.92 Å². The second-order valence-corrected chi connectivity index (χ2v) is 5.94. The number of rotatable bonds is 6. The van der Waals surface area contributed by atoms with Gasteiger partial charge in [-0.2, -0.15) is 0 Å². The zero-order chi connectivity index (χ0) is 20.8. The third kappa shape index (κ3) is 4.56. The number of carbonyl (C=O) groups is 2. The summed E-state index contributed by atoms with van der Waals surface area (Å²) in [5.41, 5.74) is 17.1. The number of hydrazine groups is 2. The maximum absolute atomic E-state index is 13.7. The normalized spacial score (nSPS) is 10.1. The number of halogens is 1. The van der Waals surface area contributed by atoms with E-state index in [9.17, 15) is 14.0 Å². The molecule has 0 fully saturated rings. The summed E-state index contributed by atoms with van der Waals surface area (Å²) in [7, 11) is 0. The van der Waals surface area contributed by atoms with Gasteiger partial charge in [-0.3, -0.25) is 31.3 Å². The molecule has 148 valence electrons. The van der Waals surface area contributed by atoms with Crippen LogP contribution < -0.4 is 27.4 Å². The summed E-state index contributed by atoms with van der Waals surface area (Å²) >= 11 is 0. The van der Waals surface area contributed by atoms with Crippen molar-refractivity contribution in [1.82, 2.24) is 20.8 Å². The van der Waals surface area contributed by atoms with Gasteiger partial charge in [0.15, 0.2) is 11.6 Å². The molecule has 9 nitrogen and oxygen atoms in total. The highest BCUT2D eigenvalue weighted by Crippen LogP contribution is 2.21. The SMILES string of the molecule is Cc1ccccc1C(=O)NNc1ncnc(NNC(=O)c2ccccc2F)c1N. The second-order valence-electron chi connectivity index (χ2n) is 5.94. The van der Waals surface area contributed by atoms with Gasteiger partial charge in [0, 0.05) is 5.56 Å². The van der Waals surface area contributed by atoms with E-state index < -0.39 is 11.7 Å². The Morgan fingerprint density at radius 3 is 1.97 bits per heavy atom. The van der Waals surface area contributed by atoms with Gasteiger partial charge < -0.3 is 5.73 Å². The van der Waals surface area contributed by atoms with Gasteiger partial charge in [0.2, 0.25) is 0 Å². The Labute approximate surface area is 165 Å². The number of nitrogen functional groups attached to an aromatic ring is 1. The molecular weight excluding hydrogens is 377 g/mol. The molecule has 29 heavy (non-hydrogen) atoms. The highest BCUT2D eigenvalue weighted by molar-refractivity contribution is 5.97. The van der Waals surface area contributed by atoms with Gasteiger partial charge in [-0.05, 0) is 30.7 Å². The summed E-state index contributed by atoms with van der Waals surface area (Å²) in [5.74, 6) is -1.56. The van der Waals surface area contributed by atoms with E-state index in [4.69, 9.17) is 5.73 Å². The molecule has 2 amide bonds. The predicted octanol–water partition coefficient (Wildman–Crippen LogP) is 2.02. The fourth-order valence-corrected chi connectivity index (χ4v) is 2.43. The number of aryl methyl sites for hydroxylation is 1. The predicted molar refractivity (Wildman–Crippen MR) is 106 cm³/mol. The van der Waals surface area contributed by atoms with Gasteiger partial charge in [-0.15, -0.1) is 0 Å². The number of aromatic nitrogens is 2. The summed E-state index contributed by atoms with van der Waals surface area (Å²) < 4.78 is 13.7. The van der Waals surface area contributed by atoms with Crippen molar-refractivity contribution in [3.63, 3.8) is 0 Å². The third-order valence-corrected chi connectivity index (χ3v) is 3.98. The van der Waals surface area contributed by atoms with E-state index in [0.717, 1.165) is 5.56 Å². The van der Waals surface area contributed by atoms with Crippen molar-refractivity contribution < 1.29 is 14.0 Å². The lowest BCUT2D eigenvalue weighted by molar-refractivity contribution is 0.0952. The Morgan fingerprint density at radius 1 is 0.862 bits per heavy atom. The van der Waals surface area contributed by atoms with E-state index in [0.29, 0.717) is 5.56 Å². The van der Waals surface area contributed by atoms with Crippen LogP contribution in [0.15, 0.2) is 54.9 Å². The van der Waals surface area contributed by atoms with Crippen LogP contribution >= 0.6 is 0 Å². The lowest BCUT2D eigenvalue weighted by atomic mass is 10.1. The van der Waals surface area contributed by atoms with Crippen molar-refractivity contribution in [2.24, 2.45) is 0 Å². The Kier molecular flexibility index (Phi) is 5.83. The number of hydrogen-bond acceptors (Lipinski definition) is 7. The van der Waals surface area contributed by atoms with Crippen molar-refractivity contribution in [3.05, 3.63) is 77.4 Å². The smallest absolute Gasteiger partial charge is 0.272 e. The van der Waals surface area contributed by atoms with Crippen molar-refractivity contribution >= 4 is 29.1 Å². The van der Waals surface area contributed by atoms with Gasteiger partial charge in [0.25, 0.3) is 11.8 Å². The molecule has 0 aliphatic heterocycles. The van der Waals surface area contributed by atoms with E-state index in [-0.39, 0.29) is 28.8 Å². The Hall–Kier alpha value is -4.21. The molecular formula is C19H18FN7O2. The van der Waals surface area contributed by atoms with Gasteiger partial charge in [-0.1, -0.05) is 30.3 Å². The molecule has 0 saturated carbocycles. The Morgan fingerprint density at radius 2 is 1.38 bits per heavy atom. The molecule has 0 saturated heterocycles. The number of nitrogens with zero attached hydrogens (tertiary/aromatic N) is 2. The molecule has 1 aromatic heterocycles. The van der Waals surface area contributed by atoms with Crippen molar-refractivity contribution in [3.8, 4) is 0 Å². The molecule has 0 aliphatic rings. The average Bonchev–Trinajstić information content (AvgIpc) is 2.72. The maximum atomic E-state index is 13.7. The number of carbonyl (C=O) groups excluding carboxylic acids is 2. The highest BCUT2D eigenvalue weighted by atomic mass is 19.1. The molecule has 0 unspecified atom stereocenters. The van der Waals surface area contributed by atoms with Gasteiger partial charge in [0.1, 0.15) is 17.8 Å². The Balaban J connectivity index is 1.65. The highest BCUT2D eigenvalue weighted by Gasteiger charge is 2.14. The summed E-state index contributed by atoms with van der Waals surface area (Å²) in [6.07, 6.45) is 1.18. The topological polar surface area (TPSA) is 134 Å². The molecule has 0 bridgehead atoms. The third-order valence-electron chi connectivity index (χ3n) is 3.98. The van der Waals surface area contributed by atoms with Gasteiger partial charge in [-0.25, -0.2) is 14.4 Å². The minimum Gasteiger partial charge on any atom is -0.393 e. The average molecular weight is 395 g/mol. The van der Waals surface area contributed by atoms with E-state index >= 15 is 0 Å². The molecule has 6 N–H and O–H groups in total. The van der Waals surface area contributed by atoms with Crippen LogP contribution in [0.5, 0.6) is 0 Å². The first-order valence-corrected chi connectivity index (χ1v) is 8.50. The quantitative estimate of drug-likeness (QED) is 0.403. The minimum absolute atomic E-state index is 0.0337. The zero-order valence-corrected chi connectivity index (χ0v) is 15.4. The number of amides is 2. The number of nitrogens with two attached hydrogens (primary N) is 1. The molecule has 2 aromatic carbocycles. The van der Waals surface area contributed by atoms with Crippen LogP contribution in [-0.4, -0.2) is 21.8 Å². The number of nitrogens with one attached hydrogen (secondary N) is 4. The lowest BCUT2D eigenvalue weighted by Gasteiger charge is -2.14. The first kappa shape index (κ1) is 19.5. The van der Waals surface area contributed by atoms with Gasteiger partial charge >= 0.3 is 0 Å². The van der Waals surface area contributed by atoms with Crippen LogP contribution in [0.3, 0.4) is 0 Å². The molecule has 0 spiro atoms. The summed E-state index contributed by atoms with van der Waals surface area (Å²) in [6, 6.07) is 12.6. The van der Waals surface area contributed by atoms with Crippen LogP contribution in [0.2, 0.25) is 0 Å². The standard InChI is InChI=1S/C19H18FN7O2/c1-11-6-2-3-7-12(11)18(28)26-24-16-15(21)17(23-10-22-16)25-27-19(29)13-8-4-5-9-14(13)20/h2-10H,21H2,1H3,(H,26,28)(H,27,29)(H2,22,23,24,25). The van der Waals surface area contributed by atoms with Crippen LogP contribution in [0, 0.1) is 12.7 Å².